The van der Waals surface area contributed by atoms with Crippen LogP contribution in [0.1, 0.15) is 6.42 Å². The molecule has 0 radical (unpaired) electrons. The van der Waals surface area contributed by atoms with Gasteiger partial charge in [-0.05, 0) is 18.5 Å². The molecule has 4 nitrogen and oxygen atoms in total. The fraction of sp³-hybridized carbons (Fsp3) is 0.318. The molecule has 140 valence electrons. The molecule has 0 aliphatic carbocycles. The van der Waals surface area contributed by atoms with Crippen LogP contribution in [0.2, 0.25) is 0 Å². The topological polar surface area (TPSA) is 39.6 Å². The minimum atomic E-state index is 0.230. The van der Waals surface area contributed by atoms with E-state index in [0.717, 1.165) is 55.5 Å². The first-order chi connectivity index (χ1) is 13.3. The molecule has 1 aromatic heterocycles. The van der Waals surface area contributed by atoms with Crippen molar-refractivity contribution in [2.24, 2.45) is 0 Å². The van der Waals surface area contributed by atoms with Gasteiger partial charge in [-0.3, -0.25) is 4.90 Å². The Hall–Kier alpha value is -2.21. The van der Waals surface area contributed by atoms with Gasteiger partial charge in [-0.1, -0.05) is 72.0 Å². The summed E-state index contributed by atoms with van der Waals surface area (Å²) in [7, 11) is 0. The zero-order valence-electron chi connectivity index (χ0n) is 15.4. The lowest BCUT2D eigenvalue weighted by molar-refractivity contribution is 0.204. The molecule has 0 amide bonds. The van der Waals surface area contributed by atoms with Gasteiger partial charge in [0.05, 0.1) is 17.2 Å². The molecule has 0 unspecified atom stereocenters. The Bertz CT molecular complexity index is 794. The van der Waals surface area contributed by atoms with E-state index in [4.69, 9.17) is 4.98 Å². The summed E-state index contributed by atoms with van der Waals surface area (Å²) in [6.45, 7) is 4.97. The smallest absolute Gasteiger partial charge is 0.186 e. The third-order valence-electron chi connectivity index (χ3n) is 4.97. The maximum Gasteiger partial charge on any atom is 0.186 e. The molecule has 0 saturated carbocycles. The highest BCUT2D eigenvalue weighted by molar-refractivity contribution is 7.19. The molecule has 1 aliphatic heterocycles. The number of anilines is 1. The van der Waals surface area contributed by atoms with Crippen LogP contribution in [-0.2, 0) is 0 Å². The predicted octanol–water partition coefficient (Wildman–Crippen LogP) is 3.98. The maximum atomic E-state index is 9.22. The number of β-amino-alcohol motifs (C(OH)–C–C–N with tert-alkyl or cyclic N) is 1. The summed E-state index contributed by atoms with van der Waals surface area (Å²) in [5.74, 6) is 0. The number of aliphatic hydroxyl groups excluding tert-OH is 1. The zero-order chi connectivity index (χ0) is 18.5. The molecule has 1 N–H and O–H groups in total. The lowest BCUT2D eigenvalue weighted by Crippen LogP contribution is -2.32. The SMILES string of the molecule is OCCN1CCCN(c2nc(-c3ccccc3)c(-c3ccccc3)s2)CC1. The molecule has 0 bridgehead atoms. The molecule has 27 heavy (non-hydrogen) atoms. The van der Waals surface area contributed by atoms with Crippen LogP contribution in [0.3, 0.4) is 0 Å². The van der Waals surface area contributed by atoms with E-state index >= 15 is 0 Å². The number of benzene rings is 2. The predicted molar refractivity (Wildman–Crippen MR) is 113 cm³/mol. The Balaban J connectivity index is 1.67. The van der Waals surface area contributed by atoms with E-state index in [1.165, 1.54) is 10.4 Å². The van der Waals surface area contributed by atoms with Crippen molar-refractivity contribution in [3.05, 3.63) is 60.7 Å². The Labute approximate surface area is 164 Å². The van der Waals surface area contributed by atoms with Gasteiger partial charge in [0, 0.05) is 31.7 Å². The third kappa shape index (κ3) is 4.21. The number of hydrogen-bond acceptors (Lipinski definition) is 5. The van der Waals surface area contributed by atoms with E-state index in [1.807, 2.05) is 6.07 Å². The monoisotopic (exact) mass is 379 g/mol. The average molecular weight is 380 g/mol. The Morgan fingerprint density at radius 2 is 1.56 bits per heavy atom. The number of nitrogens with zero attached hydrogens (tertiary/aromatic N) is 3. The Morgan fingerprint density at radius 1 is 0.852 bits per heavy atom. The van der Waals surface area contributed by atoms with E-state index in [0.29, 0.717) is 0 Å². The average Bonchev–Trinajstić information content (AvgIpc) is 3.04. The van der Waals surface area contributed by atoms with Gasteiger partial charge < -0.3 is 10.0 Å². The maximum absolute atomic E-state index is 9.22. The summed E-state index contributed by atoms with van der Waals surface area (Å²) >= 11 is 1.78. The molecule has 1 aliphatic rings. The van der Waals surface area contributed by atoms with Crippen LogP contribution in [0, 0.1) is 0 Å². The molecule has 1 fully saturated rings. The molecule has 5 heteroatoms. The summed E-state index contributed by atoms with van der Waals surface area (Å²) in [6.07, 6.45) is 1.10. The number of aliphatic hydroxyl groups is 1. The minimum Gasteiger partial charge on any atom is -0.395 e. The molecule has 4 rings (SSSR count). The van der Waals surface area contributed by atoms with Crippen molar-refractivity contribution < 1.29 is 5.11 Å². The van der Waals surface area contributed by atoms with Gasteiger partial charge in [0.1, 0.15) is 0 Å². The standard InChI is InChI=1S/C22H25N3OS/c26-17-16-24-12-7-13-25(15-14-24)22-23-20(18-8-3-1-4-9-18)21(27-22)19-10-5-2-6-11-19/h1-6,8-11,26H,7,12-17H2. The molecule has 0 spiro atoms. The quantitative estimate of drug-likeness (QED) is 0.728. The molecule has 3 aromatic rings. The van der Waals surface area contributed by atoms with Crippen molar-refractivity contribution in [1.29, 1.82) is 0 Å². The van der Waals surface area contributed by atoms with Crippen LogP contribution in [0.25, 0.3) is 21.7 Å². The fourth-order valence-corrected chi connectivity index (χ4v) is 4.69. The highest BCUT2D eigenvalue weighted by Crippen LogP contribution is 2.40. The van der Waals surface area contributed by atoms with E-state index in [9.17, 15) is 5.11 Å². The number of aromatic nitrogens is 1. The van der Waals surface area contributed by atoms with Gasteiger partial charge in [0.15, 0.2) is 5.13 Å². The van der Waals surface area contributed by atoms with Gasteiger partial charge >= 0.3 is 0 Å². The van der Waals surface area contributed by atoms with Gasteiger partial charge in [0.25, 0.3) is 0 Å². The summed E-state index contributed by atoms with van der Waals surface area (Å²) in [6, 6.07) is 21.0. The second-order valence-corrected chi connectivity index (χ2v) is 7.79. The lowest BCUT2D eigenvalue weighted by Gasteiger charge is -2.20. The second-order valence-electron chi connectivity index (χ2n) is 6.81. The number of rotatable bonds is 5. The van der Waals surface area contributed by atoms with Gasteiger partial charge in [-0.15, -0.1) is 0 Å². The zero-order valence-corrected chi connectivity index (χ0v) is 16.2. The fourth-order valence-electron chi connectivity index (χ4n) is 3.55. The van der Waals surface area contributed by atoms with Crippen LogP contribution < -0.4 is 4.90 Å². The van der Waals surface area contributed by atoms with Gasteiger partial charge in [-0.2, -0.15) is 0 Å². The summed E-state index contributed by atoms with van der Waals surface area (Å²) in [4.78, 5) is 11.0. The summed E-state index contributed by atoms with van der Waals surface area (Å²) in [5.41, 5.74) is 3.45. The first kappa shape index (κ1) is 18.2. The largest absolute Gasteiger partial charge is 0.395 e. The summed E-state index contributed by atoms with van der Waals surface area (Å²) in [5, 5.41) is 10.3. The van der Waals surface area contributed by atoms with Crippen molar-refractivity contribution in [3.63, 3.8) is 0 Å². The Kier molecular flexibility index (Phi) is 5.82. The normalized spacial score (nSPS) is 15.7. The van der Waals surface area contributed by atoms with Crippen molar-refractivity contribution >= 4 is 16.5 Å². The third-order valence-corrected chi connectivity index (χ3v) is 6.14. The Morgan fingerprint density at radius 3 is 2.26 bits per heavy atom. The first-order valence-corrected chi connectivity index (χ1v) is 10.4. The van der Waals surface area contributed by atoms with Crippen LogP contribution in [0.5, 0.6) is 0 Å². The lowest BCUT2D eigenvalue weighted by atomic mass is 10.1. The van der Waals surface area contributed by atoms with Crippen molar-refractivity contribution in [1.82, 2.24) is 9.88 Å². The highest BCUT2D eigenvalue weighted by Gasteiger charge is 2.21. The first-order valence-electron chi connectivity index (χ1n) is 9.55. The van der Waals surface area contributed by atoms with Crippen molar-refractivity contribution in [3.8, 4) is 21.7 Å². The molecule has 2 aromatic carbocycles. The van der Waals surface area contributed by atoms with E-state index in [2.05, 4.69) is 64.4 Å². The van der Waals surface area contributed by atoms with Gasteiger partial charge in [0.2, 0.25) is 0 Å². The molecule has 0 atom stereocenters. The van der Waals surface area contributed by atoms with Gasteiger partial charge in [-0.25, -0.2) is 4.98 Å². The second kappa shape index (κ2) is 8.65. The van der Waals surface area contributed by atoms with E-state index in [1.54, 1.807) is 11.3 Å². The number of thiazole rings is 1. The summed E-state index contributed by atoms with van der Waals surface area (Å²) < 4.78 is 0. The molecular formula is C22H25N3OS. The van der Waals surface area contributed by atoms with Crippen LogP contribution in [0.15, 0.2) is 60.7 Å². The number of hydrogen-bond donors (Lipinski definition) is 1. The van der Waals surface area contributed by atoms with Crippen LogP contribution in [0.4, 0.5) is 5.13 Å². The van der Waals surface area contributed by atoms with E-state index in [-0.39, 0.29) is 6.61 Å². The van der Waals surface area contributed by atoms with Crippen molar-refractivity contribution in [2.75, 3.05) is 44.2 Å². The van der Waals surface area contributed by atoms with Crippen LogP contribution >= 0.6 is 11.3 Å². The van der Waals surface area contributed by atoms with Crippen molar-refractivity contribution in [2.45, 2.75) is 6.42 Å². The highest BCUT2D eigenvalue weighted by atomic mass is 32.1. The molecule has 2 heterocycles. The van der Waals surface area contributed by atoms with Crippen LogP contribution in [-0.4, -0.2) is 54.3 Å². The molecule has 1 saturated heterocycles. The molecular weight excluding hydrogens is 354 g/mol. The minimum absolute atomic E-state index is 0.230. The van der Waals surface area contributed by atoms with E-state index < -0.39 is 0 Å².